The lowest BCUT2D eigenvalue weighted by atomic mass is 10.1. The number of esters is 2. The number of hydrogen-bond donors (Lipinski definition) is 0. The third-order valence-electron chi connectivity index (χ3n) is 7.80. The van der Waals surface area contributed by atoms with Crippen LogP contribution in [0.2, 0.25) is 0 Å². The average Bonchev–Trinajstić information content (AvgIpc) is 3.36. The number of ether oxygens (including phenoxy) is 2. The van der Waals surface area contributed by atoms with Crippen LogP contribution in [0.25, 0.3) is 21.8 Å². The fourth-order valence-corrected chi connectivity index (χ4v) is 5.66. The Hall–Kier alpha value is -3.62. The number of nitrogens with zero attached hydrogens (tertiary/aromatic N) is 4. The molecular weight excluding hydrogens is 516 g/mol. The molecule has 8 heteroatoms. The van der Waals surface area contributed by atoms with E-state index in [2.05, 4.69) is 85.5 Å². The Balaban J connectivity index is 1.31. The van der Waals surface area contributed by atoms with Crippen LogP contribution in [0.3, 0.4) is 0 Å². The average molecular weight is 561 g/mol. The zero-order valence-corrected chi connectivity index (χ0v) is 25.4. The van der Waals surface area contributed by atoms with Gasteiger partial charge in [-0.15, -0.1) is 0 Å². The monoisotopic (exact) mass is 560 g/mol. The number of aromatic nitrogens is 2. The maximum atomic E-state index is 12.5. The quantitative estimate of drug-likeness (QED) is 0.171. The molecule has 0 spiro atoms. The van der Waals surface area contributed by atoms with Crippen molar-refractivity contribution in [2.24, 2.45) is 14.1 Å². The third-order valence-corrected chi connectivity index (χ3v) is 7.80. The second-order valence-corrected chi connectivity index (χ2v) is 11.2. The van der Waals surface area contributed by atoms with Crippen molar-refractivity contribution in [3.63, 3.8) is 0 Å². The van der Waals surface area contributed by atoms with E-state index in [1.165, 1.54) is 44.3 Å². The molecule has 0 fully saturated rings. The van der Waals surface area contributed by atoms with E-state index in [-0.39, 0.29) is 19.6 Å². The van der Waals surface area contributed by atoms with Crippen LogP contribution in [0, 0.1) is 0 Å². The van der Waals surface area contributed by atoms with Crippen molar-refractivity contribution in [3.05, 3.63) is 71.0 Å². The molecule has 0 saturated carbocycles. The van der Waals surface area contributed by atoms with Gasteiger partial charge in [0.25, 0.3) is 0 Å². The highest BCUT2D eigenvalue weighted by atomic mass is 16.6. The summed E-state index contributed by atoms with van der Waals surface area (Å²) in [4.78, 5) is 29.3. The number of aryl methyl sites for hydroxylation is 2. The molecule has 0 amide bonds. The lowest BCUT2D eigenvalue weighted by Gasteiger charge is -2.13. The van der Waals surface area contributed by atoms with Crippen molar-refractivity contribution in [3.8, 4) is 0 Å². The van der Waals surface area contributed by atoms with E-state index in [1.54, 1.807) is 0 Å². The Morgan fingerprint density at radius 2 is 1.02 bits per heavy atom. The summed E-state index contributed by atoms with van der Waals surface area (Å²) in [7, 11) is 12.4. The number of rotatable bonds is 14. The van der Waals surface area contributed by atoms with E-state index < -0.39 is 11.9 Å². The predicted octanol–water partition coefficient (Wildman–Crippen LogP) is 4.14. The molecule has 0 radical (unpaired) electrons. The molecule has 0 N–H and O–H groups in total. The molecule has 0 atom stereocenters. The second-order valence-electron chi connectivity index (χ2n) is 11.2. The van der Waals surface area contributed by atoms with Crippen LogP contribution in [0.5, 0.6) is 0 Å². The Morgan fingerprint density at radius 3 is 1.41 bits per heavy atom. The van der Waals surface area contributed by atoms with Crippen LogP contribution in [0.1, 0.15) is 28.9 Å². The summed E-state index contributed by atoms with van der Waals surface area (Å²) >= 11 is 0. The summed E-state index contributed by atoms with van der Waals surface area (Å²) < 4.78 is 15.4. The van der Waals surface area contributed by atoms with Gasteiger partial charge in [0.1, 0.15) is 6.42 Å². The smallest absolute Gasteiger partial charge is 0.317 e. The van der Waals surface area contributed by atoms with Gasteiger partial charge in [0.05, 0.1) is 13.2 Å². The molecular formula is C33H44N4O4. The fraction of sp³-hybridized carbons (Fsp3) is 0.455. The van der Waals surface area contributed by atoms with Crippen molar-refractivity contribution >= 4 is 33.7 Å². The van der Waals surface area contributed by atoms with Gasteiger partial charge in [0, 0.05) is 86.1 Å². The van der Waals surface area contributed by atoms with E-state index in [1.807, 2.05) is 24.3 Å². The van der Waals surface area contributed by atoms with Crippen molar-refractivity contribution in [2.75, 3.05) is 54.5 Å². The standard InChI is InChI=1S/C33H44N4O4/c1-34(2)19-15-30-26(24-11-7-9-13-28(24)36(30)5)17-21-40-32(38)23-33(39)41-22-18-27-25-12-8-10-14-29(25)37(6)31(27)16-20-35(3)4/h7-14H,15-23H2,1-6H3. The van der Waals surface area contributed by atoms with Crippen LogP contribution in [0.15, 0.2) is 48.5 Å². The molecule has 0 aliphatic heterocycles. The van der Waals surface area contributed by atoms with Gasteiger partial charge in [0.2, 0.25) is 0 Å². The third kappa shape index (κ3) is 7.37. The van der Waals surface area contributed by atoms with Gasteiger partial charge in [-0.2, -0.15) is 0 Å². The second kappa shape index (κ2) is 13.8. The molecule has 2 aromatic heterocycles. The summed E-state index contributed by atoms with van der Waals surface area (Å²) in [5, 5.41) is 2.36. The summed E-state index contributed by atoms with van der Waals surface area (Å²) in [6, 6.07) is 16.6. The van der Waals surface area contributed by atoms with Gasteiger partial charge in [-0.1, -0.05) is 36.4 Å². The molecule has 41 heavy (non-hydrogen) atoms. The molecule has 0 saturated heterocycles. The molecule has 0 aliphatic rings. The lowest BCUT2D eigenvalue weighted by molar-refractivity contribution is -0.154. The first-order valence-electron chi connectivity index (χ1n) is 14.4. The first-order valence-corrected chi connectivity index (χ1v) is 14.4. The molecule has 0 unspecified atom stereocenters. The summed E-state index contributed by atoms with van der Waals surface area (Å²) in [6.07, 6.45) is 2.62. The van der Waals surface area contributed by atoms with Gasteiger partial charge in [-0.25, -0.2) is 0 Å². The van der Waals surface area contributed by atoms with Crippen molar-refractivity contribution < 1.29 is 19.1 Å². The molecule has 2 heterocycles. The van der Waals surface area contributed by atoms with Gasteiger partial charge >= 0.3 is 11.9 Å². The number of para-hydroxylation sites is 2. The Labute approximate surface area is 243 Å². The summed E-state index contributed by atoms with van der Waals surface area (Å²) in [6.45, 7) is 2.30. The molecule has 4 aromatic rings. The van der Waals surface area contributed by atoms with Crippen LogP contribution in [0.4, 0.5) is 0 Å². The highest BCUT2D eigenvalue weighted by Crippen LogP contribution is 2.28. The highest BCUT2D eigenvalue weighted by Gasteiger charge is 2.18. The first kappa shape index (κ1) is 30.3. The number of carbonyl (C=O) groups is 2. The van der Waals surface area contributed by atoms with Crippen LogP contribution >= 0.6 is 0 Å². The maximum absolute atomic E-state index is 12.5. The molecule has 0 aliphatic carbocycles. The van der Waals surface area contributed by atoms with Crippen molar-refractivity contribution in [1.29, 1.82) is 0 Å². The van der Waals surface area contributed by atoms with Crippen LogP contribution < -0.4 is 0 Å². The van der Waals surface area contributed by atoms with Gasteiger partial charge < -0.3 is 28.4 Å². The topological polar surface area (TPSA) is 68.9 Å². The molecule has 220 valence electrons. The number of fused-ring (bicyclic) bond motifs is 2. The van der Waals surface area contributed by atoms with Gasteiger partial charge in [0.15, 0.2) is 0 Å². The van der Waals surface area contributed by atoms with Crippen LogP contribution in [-0.4, -0.2) is 85.4 Å². The minimum Gasteiger partial charge on any atom is -0.465 e. The van der Waals surface area contributed by atoms with Crippen molar-refractivity contribution in [2.45, 2.75) is 32.1 Å². The zero-order chi connectivity index (χ0) is 29.5. The fourth-order valence-electron chi connectivity index (χ4n) is 5.66. The highest BCUT2D eigenvalue weighted by molar-refractivity contribution is 5.91. The Bertz CT molecular complexity index is 1390. The lowest BCUT2D eigenvalue weighted by Crippen LogP contribution is -2.18. The Morgan fingerprint density at radius 1 is 0.634 bits per heavy atom. The number of likely N-dealkylation sites (N-methyl/N-ethyl adjacent to an activating group) is 2. The molecule has 4 rings (SSSR count). The predicted molar refractivity (Wildman–Crippen MR) is 164 cm³/mol. The minimum absolute atomic E-state index is 0.223. The van der Waals surface area contributed by atoms with E-state index in [0.717, 1.165) is 25.9 Å². The minimum atomic E-state index is -0.554. The van der Waals surface area contributed by atoms with E-state index in [9.17, 15) is 9.59 Å². The van der Waals surface area contributed by atoms with Crippen molar-refractivity contribution in [1.82, 2.24) is 18.9 Å². The summed E-state index contributed by atoms with van der Waals surface area (Å²) in [5.74, 6) is -1.11. The summed E-state index contributed by atoms with van der Waals surface area (Å²) in [5.41, 5.74) is 7.22. The van der Waals surface area contributed by atoms with Crippen LogP contribution in [-0.2, 0) is 58.8 Å². The van der Waals surface area contributed by atoms with E-state index in [4.69, 9.17) is 9.47 Å². The molecule has 0 bridgehead atoms. The van der Waals surface area contributed by atoms with Gasteiger partial charge in [-0.3, -0.25) is 9.59 Å². The maximum Gasteiger partial charge on any atom is 0.317 e. The normalized spacial score (nSPS) is 11.7. The largest absolute Gasteiger partial charge is 0.465 e. The van der Waals surface area contributed by atoms with E-state index >= 15 is 0 Å². The molecule has 8 nitrogen and oxygen atoms in total. The molecule has 2 aromatic carbocycles. The van der Waals surface area contributed by atoms with E-state index in [0.29, 0.717) is 12.8 Å². The number of benzene rings is 2. The Kier molecular flexibility index (Phi) is 10.2. The number of hydrogen-bond acceptors (Lipinski definition) is 6. The zero-order valence-electron chi connectivity index (χ0n) is 25.4. The number of carbonyl (C=O) groups excluding carboxylic acids is 2. The van der Waals surface area contributed by atoms with Gasteiger partial charge in [-0.05, 0) is 51.5 Å². The first-order chi connectivity index (χ1) is 19.7. The SMILES string of the molecule is CN(C)CCc1c(CCOC(=O)CC(=O)OCCc2c(CCN(C)C)n(C)c3ccccc23)c2ccccc2n1C.